The Hall–Kier alpha value is -2.95. The molecule has 5 heteroatoms. The maximum absolute atomic E-state index is 13.3. The van der Waals surface area contributed by atoms with Gasteiger partial charge >= 0.3 is 0 Å². The van der Waals surface area contributed by atoms with Crippen LogP contribution < -0.4 is 10.5 Å². The van der Waals surface area contributed by atoms with Crippen LogP contribution in [0.4, 0.5) is 10.1 Å². The second-order valence-corrected chi connectivity index (χ2v) is 6.80. The molecule has 2 aromatic carbocycles. The van der Waals surface area contributed by atoms with Gasteiger partial charge in [0.2, 0.25) is 5.91 Å². The fourth-order valence-electron chi connectivity index (χ4n) is 3.71. The second-order valence-electron chi connectivity index (χ2n) is 6.80. The SMILES string of the molecule is CC1Cc2ccccc2N1C(=O)CCc1cc2ccc(F)cc2[nH]c1=O. The fourth-order valence-corrected chi connectivity index (χ4v) is 3.71. The van der Waals surface area contributed by atoms with Gasteiger partial charge in [0.25, 0.3) is 5.56 Å². The van der Waals surface area contributed by atoms with Gasteiger partial charge in [-0.05, 0) is 61.0 Å². The number of hydrogen-bond donors (Lipinski definition) is 1. The zero-order chi connectivity index (χ0) is 18.3. The predicted octanol–water partition coefficient (Wildman–Crippen LogP) is 3.58. The summed E-state index contributed by atoms with van der Waals surface area (Å²) in [5.74, 6) is -0.376. The first-order valence-electron chi connectivity index (χ1n) is 8.74. The van der Waals surface area contributed by atoms with Crippen molar-refractivity contribution in [2.24, 2.45) is 0 Å². The summed E-state index contributed by atoms with van der Waals surface area (Å²) in [5.41, 5.74) is 2.88. The predicted molar refractivity (Wildman–Crippen MR) is 99.9 cm³/mol. The minimum absolute atomic E-state index is 0.0149. The number of nitrogens with one attached hydrogen (secondary N) is 1. The highest BCUT2D eigenvalue weighted by molar-refractivity contribution is 5.96. The van der Waals surface area contributed by atoms with Crippen LogP contribution in [0.2, 0.25) is 0 Å². The lowest BCUT2D eigenvalue weighted by molar-refractivity contribution is -0.118. The molecule has 3 aromatic rings. The van der Waals surface area contributed by atoms with Crippen LogP contribution in [-0.2, 0) is 17.6 Å². The monoisotopic (exact) mass is 350 g/mol. The van der Waals surface area contributed by atoms with Crippen LogP contribution in [0.5, 0.6) is 0 Å². The molecule has 0 saturated carbocycles. The van der Waals surface area contributed by atoms with Gasteiger partial charge in [-0.3, -0.25) is 9.59 Å². The van der Waals surface area contributed by atoms with Crippen LogP contribution in [0.1, 0.15) is 24.5 Å². The van der Waals surface area contributed by atoms with E-state index < -0.39 is 5.82 Å². The number of anilines is 1. The molecule has 0 bridgehead atoms. The number of amides is 1. The van der Waals surface area contributed by atoms with Crippen molar-refractivity contribution < 1.29 is 9.18 Å². The van der Waals surface area contributed by atoms with Crippen molar-refractivity contribution in [2.75, 3.05) is 4.90 Å². The van der Waals surface area contributed by atoms with E-state index in [0.29, 0.717) is 17.5 Å². The summed E-state index contributed by atoms with van der Waals surface area (Å²) in [4.78, 5) is 29.5. The molecular formula is C21H19FN2O2. The molecule has 2 heterocycles. The minimum Gasteiger partial charge on any atom is -0.322 e. The number of para-hydroxylation sites is 1. The van der Waals surface area contributed by atoms with E-state index in [1.54, 1.807) is 12.1 Å². The molecule has 4 nitrogen and oxygen atoms in total. The van der Waals surface area contributed by atoms with Gasteiger partial charge in [-0.2, -0.15) is 0 Å². The van der Waals surface area contributed by atoms with Gasteiger partial charge in [0, 0.05) is 23.7 Å². The number of fused-ring (bicyclic) bond motifs is 2. The molecule has 1 aliphatic heterocycles. The Morgan fingerprint density at radius 1 is 1.23 bits per heavy atom. The number of carbonyl (C=O) groups is 1. The molecule has 0 spiro atoms. The molecule has 132 valence electrons. The summed E-state index contributed by atoms with van der Waals surface area (Å²) in [6.45, 7) is 2.04. The molecule has 26 heavy (non-hydrogen) atoms. The van der Waals surface area contributed by atoms with Gasteiger partial charge in [-0.25, -0.2) is 4.39 Å². The summed E-state index contributed by atoms with van der Waals surface area (Å²) in [7, 11) is 0. The lowest BCUT2D eigenvalue weighted by Crippen LogP contribution is -2.36. The maximum Gasteiger partial charge on any atom is 0.251 e. The van der Waals surface area contributed by atoms with Crippen molar-refractivity contribution in [2.45, 2.75) is 32.2 Å². The number of benzene rings is 2. The fraction of sp³-hybridized carbons (Fsp3) is 0.238. The van der Waals surface area contributed by atoms with E-state index in [-0.39, 0.29) is 23.9 Å². The van der Waals surface area contributed by atoms with Crippen molar-refractivity contribution in [3.63, 3.8) is 0 Å². The highest BCUT2D eigenvalue weighted by Crippen LogP contribution is 2.32. The van der Waals surface area contributed by atoms with E-state index in [9.17, 15) is 14.0 Å². The highest BCUT2D eigenvalue weighted by atomic mass is 19.1. The number of rotatable bonds is 3. The number of aryl methyl sites for hydroxylation is 1. The van der Waals surface area contributed by atoms with E-state index in [1.165, 1.54) is 17.7 Å². The lowest BCUT2D eigenvalue weighted by atomic mass is 10.1. The number of halogens is 1. The Morgan fingerprint density at radius 2 is 2.04 bits per heavy atom. The number of pyridine rings is 1. The second kappa shape index (κ2) is 6.41. The smallest absolute Gasteiger partial charge is 0.251 e. The Morgan fingerprint density at radius 3 is 2.88 bits per heavy atom. The van der Waals surface area contributed by atoms with E-state index in [0.717, 1.165) is 17.5 Å². The van der Waals surface area contributed by atoms with Crippen molar-refractivity contribution in [3.8, 4) is 0 Å². The van der Waals surface area contributed by atoms with Crippen molar-refractivity contribution in [1.29, 1.82) is 0 Å². The van der Waals surface area contributed by atoms with E-state index in [1.807, 2.05) is 36.1 Å². The molecule has 0 aliphatic carbocycles. The van der Waals surface area contributed by atoms with Crippen LogP contribution in [0.25, 0.3) is 10.9 Å². The third-order valence-corrected chi connectivity index (χ3v) is 4.97. The Balaban J connectivity index is 1.55. The summed E-state index contributed by atoms with van der Waals surface area (Å²) < 4.78 is 13.3. The molecule has 1 atom stereocenters. The number of aromatic amines is 1. The van der Waals surface area contributed by atoms with Gasteiger partial charge < -0.3 is 9.88 Å². The summed E-state index contributed by atoms with van der Waals surface area (Å²) in [6.07, 6.45) is 1.46. The van der Waals surface area contributed by atoms with Gasteiger partial charge in [-0.15, -0.1) is 0 Å². The first-order valence-corrected chi connectivity index (χ1v) is 8.74. The first-order chi connectivity index (χ1) is 12.5. The van der Waals surface area contributed by atoms with Crippen molar-refractivity contribution in [3.05, 3.63) is 75.8 Å². The number of carbonyl (C=O) groups excluding carboxylic acids is 1. The molecule has 0 fully saturated rings. The van der Waals surface area contributed by atoms with Crippen molar-refractivity contribution >= 4 is 22.5 Å². The number of aromatic nitrogens is 1. The average Bonchev–Trinajstić information content (AvgIpc) is 2.95. The van der Waals surface area contributed by atoms with Crippen molar-refractivity contribution in [1.82, 2.24) is 4.98 Å². The largest absolute Gasteiger partial charge is 0.322 e. The van der Waals surface area contributed by atoms with E-state index in [4.69, 9.17) is 0 Å². The summed E-state index contributed by atoms with van der Waals surface area (Å²) in [5, 5.41) is 0.758. The molecule has 0 radical (unpaired) electrons. The molecule has 1 aliphatic rings. The molecule has 1 aromatic heterocycles. The normalized spacial score (nSPS) is 16.1. The van der Waals surface area contributed by atoms with E-state index in [2.05, 4.69) is 4.98 Å². The number of hydrogen-bond acceptors (Lipinski definition) is 2. The van der Waals surface area contributed by atoms with Gasteiger partial charge in [0.05, 0.1) is 5.52 Å². The van der Waals surface area contributed by atoms with E-state index >= 15 is 0 Å². The summed E-state index contributed by atoms with van der Waals surface area (Å²) in [6, 6.07) is 14.1. The Bertz CT molecular complexity index is 1060. The number of nitrogens with zero attached hydrogens (tertiary/aromatic N) is 1. The Labute approximate surface area is 150 Å². The molecule has 1 N–H and O–H groups in total. The average molecular weight is 350 g/mol. The van der Waals surface area contributed by atoms with Crippen LogP contribution in [-0.4, -0.2) is 16.9 Å². The van der Waals surface area contributed by atoms with Gasteiger partial charge in [0.15, 0.2) is 0 Å². The van der Waals surface area contributed by atoms with Crippen LogP contribution >= 0.6 is 0 Å². The summed E-state index contributed by atoms with van der Waals surface area (Å²) >= 11 is 0. The van der Waals surface area contributed by atoms with Crippen LogP contribution in [0.15, 0.2) is 53.3 Å². The molecule has 1 amide bonds. The minimum atomic E-state index is -0.391. The highest BCUT2D eigenvalue weighted by Gasteiger charge is 2.30. The Kier molecular flexibility index (Phi) is 4.07. The standard InChI is InChI=1S/C21H19FN2O2/c1-13-10-15-4-2-3-5-19(15)24(13)20(25)9-7-16-11-14-6-8-17(22)12-18(14)23-21(16)26/h2-6,8,11-13H,7,9-10H2,1H3,(H,23,26). The van der Waals surface area contributed by atoms with Gasteiger partial charge in [0.1, 0.15) is 5.82 Å². The van der Waals surface area contributed by atoms with Crippen LogP contribution in [0.3, 0.4) is 0 Å². The first kappa shape index (κ1) is 16.5. The number of H-pyrrole nitrogens is 1. The third kappa shape index (κ3) is 2.90. The van der Waals surface area contributed by atoms with Crippen LogP contribution in [0, 0.1) is 5.82 Å². The molecule has 4 rings (SSSR count). The topological polar surface area (TPSA) is 53.2 Å². The van der Waals surface area contributed by atoms with Gasteiger partial charge in [-0.1, -0.05) is 18.2 Å². The lowest BCUT2D eigenvalue weighted by Gasteiger charge is -2.22. The molecular weight excluding hydrogens is 331 g/mol. The molecule has 0 saturated heterocycles. The quantitative estimate of drug-likeness (QED) is 0.785. The zero-order valence-electron chi connectivity index (χ0n) is 14.5. The molecule has 1 unspecified atom stereocenters. The maximum atomic E-state index is 13.3. The third-order valence-electron chi connectivity index (χ3n) is 4.97. The zero-order valence-corrected chi connectivity index (χ0v) is 14.5.